The Kier molecular flexibility index (Phi) is 3.75. The Morgan fingerprint density at radius 1 is 1.38 bits per heavy atom. The van der Waals surface area contributed by atoms with Gasteiger partial charge in [-0.1, -0.05) is 12.2 Å². The number of benzene rings is 1. The summed E-state index contributed by atoms with van der Waals surface area (Å²) in [6.07, 6.45) is 6.13. The zero-order chi connectivity index (χ0) is 14.8. The standard InChI is InChI=1S/C16H15NO3S/c1-10-3-2-4-15(17-10)21-9-11-7-16(19)20-14-8-12(18)5-6-13(11)14/h2-8,10,17-18H,9H2,1H3. The molecule has 0 aliphatic carbocycles. The predicted molar refractivity (Wildman–Crippen MR) is 85.3 cm³/mol. The molecule has 0 radical (unpaired) electrons. The second kappa shape index (κ2) is 5.69. The number of aromatic hydroxyl groups is 1. The summed E-state index contributed by atoms with van der Waals surface area (Å²) in [5.41, 5.74) is 0.913. The van der Waals surface area contributed by atoms with Crippen LogP contribution in [0.3, 0.4) is 0 Å². The van der Waals surface area contributed by atoms with Gasteiger partial charge in [0.15, 0.2) is 0 Å². The third-order valence-electron chi connectivity index (χ3n) is 3.21. The number of allylic oxidation sites excluding steroid dienone is 2. The Morgan fingerprint density at radius 3 is 3.05 bits per heavy atom. The van der Waals surface area contributed by atoms with Gasteiger partial charge in [-0.05, 0) is 30.7 Å². The third-order valence-corrected chi connectivity index (χ3v) is 4.23. The van der Waals surface area contributed by atoms with E-state index in [-0.39, 0.29) is 5.75 Å². The summed E-state index contributed by atoms with van der Waals surface area (Å²) in [6.45, 7) is 2.08. The molecule has 1 unspecified atom stereocenters. The van der Waals surface area contributed by atoms with Gasteiger partial charge in [0.1, 0.15) is 11.3 Å². The first kappa shape index (κ1) is 13.8. The first-order chi connectivity index (χ1) is 10.1. The van der Waals surface area contributed by atoms with Crippen LogP contribution in [0.5, 0.6) is 5.75 Å². The number of hydrogen-bond donors (Lipinski definition) is 2. The fourth-order valence-electron chi connectivity index (χ4n) is 2.21. The van der Waals surface area contributed by atoms with Gasteiger partial charge in [0.2, 0.25) is 0 Å². The molecule has 1 aromatic heterocycles. The molecule has 0 spiro atoms. The van der Waals surface area contributed by atoms with Crippen LogP contribution in [0.2, 0.25) is 0 Å². The highest BCUT2D eigenvalue weighted by molar-refractivity contribution is 8.02. The van der Waals surface area contributed by atoms with E-state index in [0.717, 1.165) is 16.0 Å². The summed E-state index contributed by atoms with van der Waals surface area (Å²) in [5, 5.41) is 14.8. The van der Waals surface area contributed by atoms with E-state index in [2.05, 4.69) is 18.3 Å². The number of hydrogen-bond acceptors (Lipinski definition) is 5. The second-order valence-electron chi connectivity index (χ2n) is 4.91. The molecule has 4 nitrogen and oxygen atoms in total. The number of phenols is 1. The van der Waals surface area contributed by atoms with Gasteiger partial charge in [-0.25, -0.2) is 4.79 Å². The largest absolute Gasteiger partial charge is 0.508 e. The maximum absolute atomic E-state index is 11.6. The minimum atomic E-state index is -0.400. The number of dihydropyridines is 1. The fraction of sp³-hybridized carbons (Fsp3) is 0.188. The number of phenolic OH excluding ortho intramolecular Hbond substituents is 1. The lowest BCUT2D eigenvalue weighted by atomic mass is 10.1. The molecule has 5 heteroatoms. The highest BCUT2D eigenvalue weighted by atomic mass is 32.2. The van der Waals surface area contributed by atoms with Gasteiger partial charge in [0.05, 0.1) is 5.03 Å². The maximum atomic E-state index is 11.6. The lowest BCUT2D eigenvalue weighted by Gasteiger charge is -2.17. The van der Waals surface area contributed by atoms with Crippen molar-refractivity contribution in [1.82, 2.24) is 5.32 Å². The number of nitrogens with one attached hydrogen (secondary N) is 1. The van der Waals surface area contributed by atoms with Gasteiger partial charge < -0.3 is 14.8 Å². The van der Waals surface area contributed by atoms with Crippen LogP contribution >= 0.6 is 11.8 Å². The van der Waals surface area contributed by atoms with Gasteiger partial charge >= 0.3 is 5.63 Å². The van der Waals surface area contributed by atoms with E-state index in [1.54, 1.807) is 23.9 Å². The monoisotopic (exact) mass is 301 g/mol. The quantitative estimate of drug-likeness (QED) is 0.853. The van der Waals surface area contributed by atoms with Crippen molar-refractivity contribution in [3.63, 3.8) is 0 Å². The molecule has 0 saturated heterocycles. The van der Waals surface area contributed by atoms with E-state index in [1.807, 2.05) is 12.2 Å². The molecule has 1 aromatic carbocycles. The van der Waals surface area contributed by atoms with E-state index < -0.39 is 5.63 Å². The van der Waals surface area contributed by atoms with Crippen molar-refractivity contribution in [2.75, 3.05) is 0 Å². The number of thioether (sulfide) groups is 1. The summed E-state index contributed by atoms with van der Waals surface area (Å²) in [4.78, 5) is 11.6. The molecular weight excluding hydrogens is 286 g/mol. The Balaban J connectivity index is 1.88. The molecule has 1 aliphatic rings. The molecular formula is C16H15NO3S. The lowest BCUT2D eigenvalue weighted by molar-refractivity contribution is 0.473. The van der Waals surface area contributed by atoms with Crippen LogP contribution in [0.1, 0.15) is 12.5 Å². The molecule has 3 rings (SSSR count). The summed E-state index contributed by atoms with van der Waals surface area (Å²) >= 11 is 1.64. The molecule has 108 valence electrons. The molecule has 1 aliphatic heterocycles. The molecule has 0 bridgehead atoms. The Hall–Kier alpha value is -2.14. The van der Waals surface area contributed by atoms with Gasteiger partial charge in [-0.3, -0.25) is 0 Å². The van der Waals surface area contributed by atoms with Crippen LogP contribution in [-0.2, 0) is 5.75 Å². The minimum Gasteiger partial charge on any atom is -0.508 e. The van der Waals surface area contributed by atoms with E-state index >= 15 is 0 Å². The summed E-state index contributed by atoms with van der Waals surface area (Å²) in [7, 11) is 0. The summed E-state index contributed by atoms with van der Waals surface area (Å²) < 4.78 is 5.13. The SMILES string of the molecule is CC1C=CC=C(SCc2cc(=O)oc3cc(O)ccc23)N1. The lowest BCUT2D eigenvalue weighted by Crippen LogP contribution is -2.23. The minimum absolute atomic E-state index is 0.0890. The van der Waals surface area contributed by atoms with Gasteiger partial charge in [-0.2, -0.15) is 0 Å². The topological polar surface area (TPSA) is 62.5 Å². The van der Waals surface area contributed by atoms with Crippen LogP contribution in [0.15, 0.2) is 56.7 Å². The fourth-order valence-corrected chi connectivity index (χ4v) is 3.21. The van der Waals surface area contributed by atoms with Crippen LogP contribution < -0.4 is 10.9 Å². The van der Waals surface area contributed by atoms with Gasteiger partial charge in [0, 0.05) is 29.3 Å². The molecule has 21 heavy (non-hydrogen) atoms. The molecule has 0 saturated carbocycles. The van der Waals surface area contributed by atoms with Crippen molar-refractivity contribution in [2.45, 2.75) is 18.7 Å². The average molecular weight is 301 g/mol. The highest BCUT2D eigenvalue weighted by Crippen LogP contribution is 2.27. The van der Waals surface area contributed by atoms with Crippen LogP contribution in [-0.4, -0.2) is 11.1 Å². The first-order valence-corrected chi connectivity index (χ1v) is 7.64. The zero-order valence-electron chi connectivity index (χ0n) is 11.5. The van der Waals surface area contributed by atoms with Gasteiger partial charge in [-0.15, -0.1) is 11.8 Å². The molecule has 2 N–H and O–H groups in total. The Morgan fingerprint density at radius 2 is 2.24 bits per heavy atom. The van der Waals surface area contributed by atoms with Crippen molar-refractivity contribution >= 4 is 22.7 Å². The van der Waals surface area contributed by atoms with Crippen LogP contribution in [0.4, 0.5) is 0 Å². The number of rotatable bonds is 3. The van der Waals surface area contributed by atoms with E-state index in [9.17, 15) is 9.90 Å². The molecule has 0 amide bonds. The first-order valence-electron chi connectivity index (χ1n) is 6.65. The van der Waals surface area contributed by atoms with E-state index in [0.29, 0.717) is 17.4 Å². The van der Waals surface area contributed by atoms with E-state index in [4.69, 9.17) is 4.42 Å². The zero-order valence-corrected chi connectivity index (χ0v) is 12.3. The van der Waals surface area contributed by atoms with Crippen molar-refractivity contribution in [3.05, 3.63) is 63.5 Å². The number of fused-ring (bicyclic) bond motifs is 1. The van der Waals surface area contributed by atoms with Crippen molar-refractivity contribution in [1.29, 1.82) is 0 Å². The maximum Gasteiger partial charge on any atom is 0.336 e. The van der Waals surface area contributed by atoms with Gasteiger partial charge in [0.25, 0.3) is 0 Å². The average Bonchev–Trinajstić information content (AvgIpc) is 2.44. The predicted octanol–water partition coefficient (Wildman–Crippen LogP) is 3.12. The Bertz CT molecular complexity index is 792. The highest BCUT2D eigenvalue weighted by Gasteiger charge is 2.10. The molecule has 2 heterocycles. The summed E-state index contributed by atoms with van der Waals surface area (Å²) in [6, 6.07) is 6.66. The third kappa shape index (κ3) is 3.13. The van der Waals surface area contributed by atoms with E-state index in [1.165, 1.54) is 12.1 Å². The smallest absolute Gasteiger partial charge is 0.336 e. The molecule has 1 atom stereocenters. The molecule has 0 fully saturated rings. The van der Waals surface area contributed by atoms with Crippen LogP contribution in [0.25, 0.3) is 11.0 Å². The van der Waals surface area contributed by atoms with Crippen molar-refractivity contribution < 1.29 is 9.52 Å². The van der Waals surface area contributed by atoms with Crippen molar-refractivity contribution in [2.24, 2.45) is 0 Å². The second-order valence-corrected chi connectivity index (χ2v) is 5.93. The van der Waals surface area contributed by atoms with Crippen LogP contribution in [0, 0.1) is 0 Å². The van der Waals surface area contributed by atoms with Crippen molar-refractivity contribution in [3.8, 4) is 5.75 Å². The summed E-state index contributed by atoms with van der Waals surface area (Å²) in [5.74, 6) is 0.748. The Labute approximate surface area is 126 Å². The normalized spacial score (nSPS) is 17.6. The molecule has 2 aromatic rings.